The quantitative estimate of drug-likeness (QED) is 0.633. The maximum absolute atomic E-state index is 15.0. The first-order valence-corrected chi connectivity index (χ1v) is 10.8. The van der Waals surface area contributed by atoms with Gasteiger partial charge in [-0.25, -0.2) is 0 Å². The molecule has 4 heterocycles. The van der Waals surface area contributed by atoms with Gasteiger partial charge in [-0.05, 0) is 26.2 Å². The number of rotatable bonds is 4. The van der Waals surface area contributed by atoms with Gasteiger partial charge in [-0.3, -0.25) is 14.2 Å². The Kier molecular flexibility index (Phi) is 6.44. The molecule has 2 saturated heterocycles. The summed E-state index contributed by atoms with van der Waals surface area (Å²) in [7, 11) is 0. The van der Waals surface area contributed by atoms with Crippen molar-refractivity contribution in [3.05, 3.63) is 16.2 Å². The molecule has 8 nitrogen and oxygen atoms in total. The molecule has 0 saturated carbocycles. The van der Waals surface area contributed by atoms with Crippen LogP contribution in [0, 0.1) is 11.7 Å². The summed E-state index contributed by atoms with van der Waals surface area (Å²) in [6, 6.07) is -2.51. The Balaban J connectivity index is 1.74. The predicted octanol–water partition coefficient (Wildman–Crippen LogP) is 1.92. The number of alkyl halides is 3. The number of halogens is 4. The van der Waals surface area contributed by atoms with Crippen LogP contribution in [0.15, 0.2) is 4.79 Å². The number of carbonyl (C=O) groups excluding carboxylic acids is 1. The zero-order valence-electron chi connectivity index (χ0n) is 17.7. The molecule has 0 spiro atoms. The van der Waals surface area contributed by atoms with Crippen LogP contribution in [0.2, 0.25) is 0 Å². The average molecular weight is 462 g/mol. The number of anilines is 2. The Morgan fingerprint density at radius 1 is 1.12 bits per heavy atom. The van der Waals surface area contributed by atoms with Crippen molar-refractivity contribution in [2.75, 3.05) is 55.9 Å². The first-order chi connectivity index (χ1) is 15.2. The van der Waals surface area contributed by atoms with Crippen LogP contribution < -0.4 is 15.4 Å². The molecule has 12 heteroatoms. The second kappa shape index (κ2) is 8.97. The lowest BCUT2D eigenvalue weighted by Crippen LogP contribution is -2.50. The lowest BCUT2D eigenvalue weighted by atomic mass is 9.95. The van der Waals surface area contributed by atoms with Crippen LogP contribution in [-0.4, -0.2) is 73.6 Å². The van der Waals surface area contributed by atoms with Crippen molar-refractivity contribution in [3.63, 3.8) is 0 Å². The number of hydrogen-bond acceptors (Lipinski definition) is 7. The summed E-state index contributed by atoms with van der Waals surface area (Å²) in [5, 5.41) is 0. The number of Topliss-reactive ketones (excluding diaryl/α,β-unsaturated/α-hetero) is 1. The Morgan fingerprint density at radius 3 is 2.50 bits per heavy atom. The number of fused-ring (bicyclic) bond motifs is 1. The molecule has 0 bridgehead atoms. The van der Waals surface area contributed by atoms with Gasteiger partial charge in [0.05, 0.1) is 25.8 Å². The van der Waals surface area contributed by atoms with Gasteiger partial charge < -0.3 is 19.3 Å². The summed E-state index contributed by atoms with van der Waals surface area (Å²) in [4.78, 5) is 32.7. The highest BCUT2D eigenvalue weighted by molar-refractivity contribution is 5.85. The summed E-state index contributed by atoms with van der Waals surface area (Å²) in [6.45, 7) is 3.15. The predicted molar refractivity (Wildman–Crippen MR) is 107 cm³/mol. The second-order valence-corrected chi connectivity index (χ2v) is 8.46. The fourth-order valence-corrected chi connectivity index (χ4v) is 4.53. The van der Waals surface area contributed by atoms with Gasteiger partial charge in [-0.2, -0.15) is 22.5 Å². The molecule has 0 unspecified atom stereocenters. The van der Waals surface area contributed by atoms with Gasteiger partial charge in [0.15, 0.2) is 11.6 Å². The van der Waals surface area contributed by atoms with E-state index in [0.717, 1.165) is 0 Å². The maximum atomic E-state index is 15.0. The lowest BCUT2D eigenvalue weighted by Gasteiger charge is -2.39. The van der Waals surface area contributed by atoms with Crippen LogP contribution in [-0.2, 0) is 14.3 Å². The highest BCUT2D eigenvalue weighted by Gasteiger charge is 2.47. The van der Waals surface area contributed by atoms with E-state index in [1.54, 1.807) is 6.92 Å². The van der Waals surface area contributed by atoms with E-state index in [1.807, 2.05) is 0 Å². The molecule has 2 fully saturated rings. The number of morpholine rings is 1. The number of ether oxygens (including phenoxy) is 2. The lowest BCUT2D eigenvalue weighted by molar-refractivity contribution is -0.171. The van der Waals surface area contributed by atoms with Gasteiger partial charge in [-0.15, -0.1) is 0 Å². The molecule has 1 aromatic rings. The fourth-order valence-electron chi connectivity index (χ4n) is 4.53. The monoisotopic (exact) mass is 462 g/mol. The standard InChI is InChI=1S/C20H26F4N4O4/c1-12-11-32-9-6-27(12)17-16(21)18(30)28-15(20(22,23)24)2-5-26(19(28)25-17)10-14(29)13-3-7-31-8-4-13/h12-13,15H,2-11H2,1H3/t12-,15-/m1/s1. The Hall–Kier alpha value is -2.21. The van der Waals surface area contributed by atoms with Crippen LogP contribution in [0.4, 0.5) is 29.3 Å². The van der Waals surface area contributed by atoms with Crippen LogP contribution in [0.25, 0.3) is 0 Å². The van der Waals surface area contributed by atoms with Crippen molar-refractivity contribution in [2.24, 2.45) is 5.92 Å². The van der Waals surface area contributed by atoms with Gasteiger partial charge in [0, 0.05) is 32.2 Å². The summed E-state index contributed by atoms with van der Waals surface area (Å²) in [6.07, 6.45) is -4.14. The Morgan fingerprint density at radius 2 is 1.84 bits per heavy atom. The first-order valence-electron chi connectivity index (χ1n) is 10.8. The molecule has 0 aromatic carbocycles. The van der Waals surface area contributed by atoms with Crippen molar-refractivity contribution in [3.8, 4) is 0 Å². The average Bonchev–Trinajstić information content (AvgIpc) is 2.76. The minimum atomic E-state index is -4.75. The molecule has 3 aliphatic heterocycles. The van der Waals surface area contributed by atoms with Crippen molar-refractivity contribution in [1.82, 2.24) is 9.55 Å². The van der Waals surface area contributed by atoms with Gasteiger partial charge in [-0.1, -0.05) is 0 Å². The van der Waals surface area contributed by atoms with Crippen LogP contribution in [0.1, 0.15) is 32.2 Å². The third-order valence-corrected chi connectivity index (χ3v) is 6.33. The fraction of sp³-hybridized carbons (Fsp3) is 0.750. The Labute approximate surface area is 182 Å². The highest BCUT2D eigenvalue weighted by atomic mass is 19.4. The number of ketones is 1. The number of hydrogen-bond donors (Lipinski definition) is 0. The SMILES string of the molecule is C[C@@H]1COCCN1c1nc2n(c(=O)c1F)[C@@H](C(F)(F)F)CCN2CC(=O)C1CCOCC1. The summed E-state index contributed by atoms with van der Waals surface area (Å²) < 4.78 is 67.1. The molecule has 0 aliphatic carbocycles. The minimum Gasteiger partial charge on any atom is -0.381 e. The minimum absolute atomic E-state index is 0.116. The van der Waals surface area contributed by atoms with Crippen LogP contribution in [0.5, 0.6) is 0 Å². The van der Waals surface area contributed by atoms with Gasteiger partial charge in [0.2, 0.25) is 11.8 Å². The molecule has 0 radical (unpaired) electrons. The smallest absolute Gasteiger partial charge is 0.381 e. The Bertz CT molecular complexity index is 916. The molecule has 2 atom stereocenters. The third kappa shape index (κ3) is 4.34. The van der Waals surface area contributed by atoms with Crippen molar-refractivity contribution in [1.29, 1.82) is 0 Å². The molecular formula is C20H26F4N4O4. The zero-order chi connectivity index (χ0) is 23.0. The normalized spacial score (nSPS) is 25.0. The topological polar surface area (TPSA) is 76.9 Å². The van der Waals surface area contributed by atoms with E-state index in [0.29, 0.717) is 30.6 Å². The van der Waals surface area contributed by atoms with Crippen LogP contribution >= 0.6 is 0 Å². The highest BCUT2D eigenvalue weighted by Crippen LogP contribution is 2.39. The molecular weight excluding hydrogens is 436 g/mol. The van der Waals surface area contributed by atoms with E-state index in [4.69, 9.17) is 9.47 Å². The third-order valence-electron chi connectivity index (χ3n) is 6.33. The summed E-state index contributed by atoms with van der Waals surface area (Å²) >= 11 is 0. The molecule has 0 amide bonds. The largest absolute Gasteiger partial charge is 0.409 e. The summed E-state index contributed by atoms with van der Waals surface area (Å²) in [5.74, 6) is -2.36. The maximum Gasteiger partial charge on any atom is 0.409 e. The number of aromatic nitrogens is 2. The molecule has 0 N–H and O–H groups in total. The van der Waals surface area contributed by atoms with Gasteiger partial charge in [0.25, 0.3) is 5.56 Å². The molecule has 178 valence electrons. The van der Waals surface area contributed by atoms with E-state index < -0.39 is 30.0 Å². The first kappa shape index (κ1) is 23.0. The van der Waals surface area contributed by atoms with E-state index in [9.17, 15) is 22.8 Å². The molecule has 1 aromatic heterocycles. The number of carbonyl (C=O) groups is 1. The number of nitrogens with zero attached hydrogens (tertiary/aromatic N) is 4. The molecule has 3 aliphatic rings. The van der Waals surface area contributed by atoms with E-state index >= 15 is 4.39 Å². The molecule has 4 rings (SSSR count). The van der Waals surface area contributed by atoms with Gasteiger partial charge >= 0.3 is 6.18 Å². The van der Waals surface area contributed by atoms with Gasteiger partial charge in [0.1, 0.15) is 6.04 Å². The molecule has 32 heavy (non-hydrogen) atoms. The zero-order valence-corrected chi connectivity index (χ0v) is 17.7. The summed E-state index contributed by atoms with van der Waals surface area (Å²) in [5.41, 5.74) is -1.38. The second-order valence-electron chi connectivity index (χ2n) is 8.46. The van der Waals surface area contributed by atoms with Crippen molar-refractivity contribution in [2.45, 2.75) is 44.4 Å². The van der Waals surface area contributed by atoms with E-state index in [-0.39, 0.29) is 62.4 Å². The van der Waals surface area contributed by atoms with Crippen LogP contribution in [0.3, 0.4) is 0 Å². The van der Waals surface area contributed by atoms with Crippen molar-refractivity contribution < 1.29 is 31.8 Å². The van der Waals surface area contributed by atoms with Crippen molar-refractivity contribution >= 4 is 17.5 Å². The van der Waals surface area contributed by atoms with E-state index in [2.05, 4.69) is 4.98 Å². The van der Waals surface area contributed by atoms with E-state index in [1.165, 1.54) is 9.80 Å².